The van der Waals surface area contributed by atoms with Crippen molar-refractivity contribution in [2.75, 3.05) is 17.2 Å². The van der Waals surface area contributed by atoms with Crippen molar-refractivity contribution in [3.8, 4) is 0 Å². The van der Waals surface area contributed by atoms with Crippen LogP contribution in [0.5, 0.6) is 0 Å². The number of anilines is 2. The van der Waals surface area contributed by atoms with Crippen molar-refractivity contribution in [1.29, 1.82) is 0 Å². The summed E-state index contributed by atoms with van der Waals surface area (Å²) in [6, 6.07) is 10.2. The molecule has 0 atom stereocenters. The van der Waals surface area contributed by atoms with Gasteiger partial charge in [-0.15, -0.1) is 0 Å². The van der Waals surface area contributed by atoms with Crippen LogP contribution < -0.4 is 10.6 Å². The van der Waals surface area contributed by atoms with Crippen LogP contribution in [0.3, 0.4) is 0 Å². The molecule has 108 valence electrons. The third-order valence-corrected chi connectivity index (χ3v) is 3.72. The van der Waals surface area contributed by atoms with Crippen LogP contribution in [-0.2, 0) is 6.42 Å². The Morgan fingerprint density at radius 3 is 2.90 bits per heavy atom. The van der Waals surface area contributed by atoms with Gasteiger partial charge in [-0.3, -0.25) is 4.79 Å². The van der Waals surface area contributed by atoms with Gasteiger partial charge in [0.1, 0.15) is 5.82 Å². The van der Waals surface area contributed by atoms with Crippen LogP contribution in [0.2, 0.25) is 0 Å². The Morgan fingerprint density at radius 1 is 1.24 bits per heavy atom. The van der Waals surface area contributed by atoms with Crippen LogP contribution in [-0.4, -0.2) is 12.5 Å². The van der Waals surface area contributed by atoms with E-state index in [2.05, 4.69) is 10.6 Å². The maximum atomic E-state index is 13.2. The number of aryl methyl sites for hydroxylation is 2. The fourth-order valence-electron chi connectivity index (χ4n) is 2.54. The molecule has 3 rings (SSSR count). The van der Waals surface area contributed by atoms with Gasteiger partial charge in [-0.25, -0.2) is 4.39 Å². The Hall–Kier alpha value is -2.36. The normalized spacial score (nSPS) is 13.2. The first-order valence-corrected chi connectivity index (χ1v) is 7.08. The minimum atomic E-state index is -0.300. The molecule has 1 heterocycles. The molecule has 0 radical (unpaired) electrons. The van der Waals surface area contributed by atoms with E-state index in [-0.39, 0.29) is 11.7 Å². The Bertz CT molecular complexity index is 697. The van der Waals surface area contributed by atoms with Crippen molar-refractivity contribution in [1.82, 2.24) is 0 Å². The molecular weight excluding hydrogens is 267 g/mol. The summed E-state index contributed by atoms with van der Waals surface area (Å²) in [4.78, 5) is 12.2. The van der Waals surface area contributed by atoms with Gasteiger partial charge in [-0.2, -0.15) is 0 Å². The zero-order chi connectivity index (χ0) is 14.8. The van der Waals surface area contributed by atoms with E-state index >= 15 is 0 Å². The van der Waals surface area contributed by atoms with Crippen LogP contribution in [0.25, 0.3) is 0 Å². The SMILES string of the molecule is Cc1cc(C(=O)Nc2ccc3c(c2)CCCN3)ccc1F. The molecule has 4 heteroatoms. The molecule has 0 aromatic heterocycles. The van der Waals surface area contributed by atoms with E-state index in [1.165, 1.54) is 17.7 Å². The van der Waals surface area contributed by atoms with Crippen LogP contribution >= 0.6 is 0 Å². The molecule has 0 saturated heterocycles. The number of benzene rings is 2. The van der Waals surface area contributed by atoms with Crippen molar-refractivity contribution in [3.05, 3.63) is 58.9 Å². The standard InChI is InChI=1S/C17H17FN2O/c1-11-9-13(4-6-15(11)18)17(21)20-14-5-7-16-12(10-14)3-2-8-19-16/h4-7,9-10,19H,2-3,8H2,1H3,(H,20,21). The number of carbonyl (C=O) groups is 1. The monoisotopic (exact) mass is 284 g/mol. The molecule has 1 aliphatic rings. The molecule has 3 nitrogen and oxygen atoms in total. The first-order chi connectivity index (χ1) is 10.1. The summed E-state index contributed by atoms with van der Waals surface area (Å²) in [7, 11) is 0. The largest absolute Gasteiger partial charge is 0.385 e. The van der Waals surface area contributed by atoms with E-state index < -0.39 is 0 Å². The van der Waals surface area contributed by atoms with Crippen molar-refractivity contribution in [2.45, 2.75) is 19.8 Å². The second kappa shape index (κ2) is 5.56. The first-order valence-electron chi connectivity index (χ1n) is 7.08. The lowest BCUT2D eigenvalue weighted by molar-refractivity contribution is 0.102. The molecule has 21 heavy (non-hydrogen) atoms. The molecule has 2 N–H and O–H groups in total. The summed E-state index contributed by atoms with van der Waals surface area (Å²) in [6.07, 6.45) is 2.11. The molecule has 0 fully saturated rings. The smallest absolute Gasteiger partial charge is 0.255 e. The van der Waals surface area contributed by atoms with E-state index in [9.17, 15) is 9.18 Å². The molecule has 1 aliphatic heterocycles. The number of fused-ring (bicyclic) bond motifs is 1. The lowest BCUT2D eigenvalue weighted by Crippen LogP contribution is -2.15. The zero-order valence-electron chi connectivity index (χ0n) is 11.9. The predicted molar refractivity (Wildman–Crippen MR) is 82.3 cm³/mol. The average Bonchev–Trinajstić information content (AvgIpc) is 2.50. The summed E-state index contributed by atoms with van der Waals surface area (Å²) in [5.74, 6) is -0.520. The Labute approximate surface area is 123 Å². The lowest BCUT2D eigenvalue weighted by Gasteiger charge is -2.18. The van der Waals surface area contributed by atoms with Gasteiger partial charge in [-0.1, -0.05) is 0 Å². The van der Waals surface area contributed by atoms with Crippen molar-refractivity contribution >= 4 is 17.3 Å². The highest BCUT2D eigenvalue weighted by Crippen LogP contribution is 2.25. The zero-order valence-corrected chi connectivity index (χ0v) is 11.9. The van der Waals surface area contributed by atoms with Gasteiger partial charge >= 0.3 is 0 Å². The average molecular weight is 284 g/mol. The fourth-order valence-corrected chi connectivity index (χ4v) is 2.54. The van der Waals surface area contributed by atoms with E-state index in [0.717, 1.165) is 30.8 Å². The molecule has 0 aliphatic carbocycles. The second-order valence-corrected chi connectivity index (χ2v) is 5.32. The van der Waals surface area contributed by atoms with Crippen LogP contribution in [0.4, 0.5) is 15.8 Å². The number of halogens is 1. The van der Waals surface area contributed by atoms with Gasteiger partial charge in [0.2, 0.25) is 0 Å². The van der Waals surface area contributed by atoms with Crippen LogP contribution in [0.1, 0.15) is 27.9 Å². The third-order valence-electron chi connectivity index (χ3n) is 3.72. The summed E-state index contributed by atoms with van der Waals surface area (Å²) in [5.41, 5.74) is 4.05. The summed E-state index contributed by atoms with van der Waals surface area (Å²) >= 11 is 0. The highest BCUT2D eigenvalue weighted by atomic mass is 19.1. The van der Waals surface area contributed by atoms with Gasteiger partial charge in [0.05, 0.1) is 0 Å². The maximum absolute atomic E-state index is 13.2. The predicted octanol–water partition coefficient (Wildman–Crippen LogP) is 3.74. The highest BCUT2D eigenvalue weighted by Gasteiger charge is 2.11. The second-order valence-electron chi connectivity index (χ2n) is 5.32. The van der Waals surface area contributed by atoms with E-state index in [0.29, 0.717) is 11.1 Å². The number of rotatable bonds is 2. The van der Waals surface area contributed by atoms with Gasteiger partial charge in [0.15, 0.2) is 0 Å². The van der Waals surface area contributed by atoms with E-state index in [1.54, 1.807) is 13.0 Å². The molecule has 2 aromatic rings. The van der Waals surface area contributed by atoms with E-state index in [1.807, 2.05) is 18.2 Å². The maximum Gasteiger partial charge on any atom is 0.255 e. The Morgan fingerprint density at radius 2 is 2.10 bits per heavy atom. The van der Waals surface area contributed by atoms with Crippen molar-refractivity contribution in [3.63, 3.8) is 0 Å². The van der Waals surface area contributed by atoms with Gasteiger partial charge in [0.25, 0.3) is 5.91 Å². The van der Waals surface area contributed by atoms with E-state index in [4.69, 9.17) is 0 Å². The third kappa shape index (κ3) is 2.89. The lowest BCUT2D eigenvalue weighted by atomic mass is 10.0. The minimum absolute atomic E-state index is 0.221. The molecule has 0 unspecified atom stereocenters. The first kappa shape index (κ1) is 13.6. The van der Waals surface area contributed by atoms with Crippen LogP contribution in [0.15, 0.2) is 36.4 Å². The van der Waals surface area contributed by atoms with Gasteiger partial charge < -0.3 is 10.6 Å². The van der Waals surface area contributed by atoms with Crippen molar-refractivity contribution < 1.29 is 9.18 Å². The minimum Gasteiger partial charge on any atom is -0.385 e. The highest BCUT2D eigenvalue weighted by molar-refractivity contribution is 6.04. The number of amides is 1. The fraction of sp³-hybridized carbons (Fsp3) is 0.235. The summed E-state index contributed by atoms with van der Waals surface area (Å²) in [5, 5.41) is 6.20. The molecule has 1 amide bonds. The number of carbonyl (C=O) groups excluding carboxylic acids is 1. The van der Waals surface area contributed by atoms with Gasteiger partial charge in [-0.05, 0) is 67.3 Å². The number of hydrogen-bond acceptors (Lipinski definition) is 2. The Kier molecular flexibility index (Phi) is 3.60. The summed E-state index contributed by atoms with van der Waals surface area (Å²) < 4.78 is 13.2. The topological polar surface area (TPSA) is 41.1 Å². The molecule has 0 saturated carbocycles. The Balaban J connectivity index is 1.79. The number of nitrogens with one attached hydrogen (secondary N) is 2. The van der Waals surface area contributed by atoms with Crippen LogP contribution in [0, 0.1) is 12.7 Å². The quantitative estimate of drug-likeness (QED) is 0.882. The molecule has 0 bridgehead atoms. The van der Waals surface area contributed by atoms with Crippen molar-refractivity contribution in [2.24, 2.45) is 0 Å². The summed E-state index contributed by atoms with van der Waals surface area (Å²) in [6.45, 7) is 2.64. The molecule has 2 aromatic carbocycles. The van der Waals surface area contributed by atoms with Gasteiger partial charge in [0, 0.05) is 23.5 Å². The molecule has 0 spiro atoms. The molecular formula is C17H17FN2O. The number of hydrogen-bond donors (Lipinski definition) is 2.